The third-order valence-corrected chi connectivity index (χ3v) is 0.744. The van der Waals surface area contributed by atoms with E-state index in [2.05, 4.69) is 0 Å². The molecule has 0 atom stereocenters. The maximum atomic E-state index is 7.57. The fraction of sp³-hybridized carbons (Fsp3) is 1.00. The van der Waals surface area contributed by atoms with E-state index in [9.17, 15) is 0 Å². The number of aliphatic hydroxyl groups is 1. The average molecular weight is 254 g/mol. The largest absolute Gasteiger partial charge is 0.397 e. The fourth-order valence-electron chi connectivity index (χ4n) is 0.440. The molecule has 0 aromatic carbocycles. The zero-order valence-electron chi connectivity index (χ0n) is 7.51. The number of alkyl halides is 3. The topological polar surface area (TPSA) is 38.7 Å². The molecule has 0 saturated carbocycles. The summed E-state index contributed by atoms with van der Waals surface area (Å²) in [6.07, 6.45) is 0. The van der Waals surface area contributed by atoms with Gasteiger partial charge in [0.25, 0.3) is 0 Å². The van der Waals surface area contributed by atoms with Crippen molar-refractivity contribution in [1.29, 1.82) is 0 Å². The van der Waals surface area contributed by atoms with E-state index in [1.165, 1.54) is 0 Å². The van der Waals surface area contributed by atoms with Crippen LogP contribution in [0.1, 0.15) is 6.92 Å². The lowest BCUT2D eigenvalue weighted by atomic mass is 10.6. The minimum atomic E-state index is -0.750. The van der Waals surface area contributed by atoms with Crippen LogP contribution in [0.25, 0.3) is 0 Å². The highest BCUT2D eigenvalue weighted by atomic mass is 35.6. The summed E-state index contributed by atoms with van der Waals surface area (Å²) in [5.74, 6) is 0. The van der Waals surface area contributed by atoms with E-state index in [0.717, 1.165) is 26.4 Å². The van der Waals surface area contributed by atoms with Gasteiger partial charge in [-0.1, -0.05) is 34.8 Å². The van der Waals surface area contributed by atoms with Gasteiger partial charge in [0.05, 0.1) is 26.4 Å². The molecule has 1 N–H and O–H groups in total. The van der Waals surface area contributed by atoms with Crippen molar-refractivity contribution in [3.63, 3.8) is 0 Å². The molecule has 82 valence electrons. The molecule has 0 aromatic rings. The molecule has 1 saturated heterocycles. The molecule has 0 radical (unpaired) electrons. The lowest BCUT2D eigenvalue weighted by molar-refractivity contribution is -0.0334. The molecule has 1 aliphatic heterocycles. The second kappa shape index (κ2) is 15.2. The molecule has 0 amide bonds. The van der Waals surface area contributed by atoms with Crippen LogP contribution in [-0.4, -0.2) is 42.4 Å². The van der Waals surface area contributed by atoms with Gasteiger partial charge in [0.15, 0.2) is 4.30 Å². The third kappa shape index (κ3) is 32.3. The number of hydrogen-bond donors (Lipinski definition) is 1. The van der Waals surface area contributed by atoms with Gasteiger partial charge < -0.3 is 14.6 Å². The number of aliphatic hydroxyl groups excluding tert-OH is 1. The van der Waals surface area contributed by atoms with Crippen LogP contribution in [0.3, 0.4) is 0 Å². The second-order valence-corrected chi connectivity index (χ2v) is 3.77. The first kappa shape index (κ1) is 16.2. The van der Waals surface area contributed by atoms with Gasteiger partial charge in [0, 0.05) is 6.61 Å². The van der Waals surface area contributed by atoms with Crippen molar-refractivity contribution in [2.24, 2.45) is 0 Å². The Bertz CT molecular complexity index is 65.1. The average Bonchev–Trinajstić information content (AvgIpc) is 2.08. The van der Waals surface area contributed by atoms with E-state index in [-0.39, 0.29) is 6.61 Å². The summed E-state index contributed by atoms with van der Waals surface area (Å²) < 4.78 is 9.14. The Morgan fingerprint density at radius 1 is 1.08 bits per heavy atom. The second-order valence-electron chi connectivity index (χ2n) is 1.79. The minimum Gasteiger partial charge on any atom is -0.397 e. The summed E-state index contributed by atoms with van der Waals surface area (Å²) in [6.45, 7) is 5.04. The predicted octanol–water partition coefficient (Wildman–Crippen LogP) is 2.02. The van der Waals surface area contributed by atoms with Crippen LogP contribution in [0.5, 0.6) is 0 Å². The van der Waals surface area contributed by atoms with Gasteiger partial charge in [-0.15, -0.1) is 0 Å². The monoisotopic (exact) mass is 252 g/mol. The van der Waals surface area contributed by atoms with Gasteiger partial charge in [-0.3, -0.25) is 0 Å². The zero-order chi connectivity index (χ0) is 10.5. The van der Waals surface area contributed by atoms with Gasteiger partial charge in [0.1, 0.15) is 0 Å². The van der Waals surface area contributed by atoms with Crippen molar-refractivity contribution in [2.45, 2.75) is 11.2 Å². The Morgan fingerprint density at radius 2 is 1.23 bits per heavy atom. The van der Waals surface area contributed by atoms with Crippen LogP contribution in [0, 0.1) is 0 Å². The highest BCUT2D eigenvalue weighted by Crippen LogP contribution is 2.03. The van der Waals surface area contributed by atoms with E-state index < -0.39 is 4.30 Å². The molecule has 13 heavy (non-hydrogen) atoms. The summed E-state index contributed by atoms with van der Waals surface area (Å²) in [4.78, 5) is 0. The minimum absolute atomic E-state index is 0.250. The number of hydrogen-bond acceptors (Lipinski definition) is 3. The van der Waals surface area contributed by atoms with Crippen LogP contribution in [0.2, 0.25) is 0 Å². The molecule has 0 bridgehead atoms. The first-order valence-corrected chi connectivity index (χ1v) is 5.14. The van der Waals surface area contributed by atoms with E-state index in [1.54, 1.807) is 6.92 Å². The molecule has 6 heteroatoms. The van der Waals surface area contributed by atoms with Crippen molar-refractivity contribution >= 4 is 34.8 Å². The van der Waals surface area contributed by atoms with Crippen molar-refractivity contribution < 1.29 is 14.6 Å². The Morgan fingerprint density at radius 3 is 1.31 bits per heavy atom. The van der Waals surface area contributed by atoms with E-state index >= 15 is 0 Å². The summed E-state index contributed by atoms with van der Waals surface area (Å²) in [7, 11) is 0. The maximum Gasteiger partial charge on any atom is 0.180 e. The SMILES string of the molecule is C1COCCO1.CCO.ClC(Cl)Cl. The summed E-state index contributed by atoms with van der Waals surface area (Å²) in [6, 6.07) is 0. The van der Waals surface area contributed by atoms with Crippen molar-refractivity contribution in [1.82, 2.24) is 0 Å². The molecule has 1 aliphatic rings. The molecule has 0 unspecified atom stereocenters. The van der Waals surface area contributed by atoms with Gasteiger partial charge in [-0.25, -0.2) is 0 Å². The van der Waals surface area contributed by atoms with Crippen LogP contribution in [0.15, 0.2) is 0 Å². The van der Waals surface area contributed by atoms with Gasteiger partial charge in [-0.2, -0.15) is 0 Å². The Labute approximate surface area is 93.9 Å². The summed E-state index contributed by atoms with van der Waals surface area (Å²) in [5.41, 5.74) is 0. The molecule has 1 rings (SSSR count). The van der Waals surface area contributed by atoms with Crippen LogP contribution >= 0.6 is 34.8 Å². The van der Waals surface area contributed by atoms with Gasteiger partial charge in [0.2, 0.25) is 0 Å². The molecule has 1 heterocycles. The summed E-state index contributed by atoms with van der Waals surface area (Å²) in [5, 5.41) is 7.57. The highest BCUT2D eigenvalue weighted by molar-refractivity contribution is 6.63. The standard InChI is InChI=1S/C4H8O2.C2H6O.CHCl3/c1-2-6-4-3-5-1;1-2-3;2-1(3)4/h1-4H2;3H,2H2,1H3;1H. The lowest BCUT2D eigenvalue weighted by Crippen LogP contribution is -2.16. The van der Waals surface area contributed by atoms with Crippen molar-refractivity contribution in [3.8, 4) is 0 Å². The molecule has 1 fully saturated rings. The maximum absolute atomic E-state index is 7.57. The molecule has 0 spiro atoms. The van der Waals surface area contributed by atoms with Crippen LogP contribution in [-0.2, 0) is 9.47 Å². The quantitative estimate of drug-likeness (QED) is 0.671. The molecular formula is C7H15Cl3O3. The van der Waals surface area contributed by atoms with Crippen LogP contribution in [0.4, 0.5) is 0 Å². The number of ether oxygens (including phenoxy) is 2. The number of rotatable bonds is 0. The Hall–Kier alpha value is 0.750. The molecular weight excluding hydrogens is 238 g/mol. The third-order valence-electron chi connectivity index (χ3n) is 0.744. The van der Waals surface area contributed by atoms with Gasteiger partial charge >= 0.3 is 0 Å². The highest BCUT2D eigenvalue weighted by Gasteiger charge is 1.94. The number of halogens is 3. The van der Waals surface area contributed by atoms with E-state index in [0.29, 0.717) is 0 Å². The molecule has 0 aliphatic carbocycles. The lowest BCUT2D eigenvalue weighted by Gasteiger charge is -2.09. The first-order chi connectivity index (χ1) is 6.15. The first-order valence-electron chi connectivity index (χ1n) is 3.83. The molecule has 3 nitrogen and oxygen atoms in total. The smallest absolute Gasteiger partial charge is 0.180 e. The summed E-state index contributed by atoms with van der Waals surface area (Å²) >= 11 is 14.4. The van der Waals surface area contributed by atoms with Crippen LogP contribution < -0.4 is 0 Å². The van der Waals surface area contributed by atoms with E-state index in [4.69, 9.17) is 49.4 Å². The van der Waals surface area contributed by atoms with Gasteiger partial charge in [-0.05, 0) is 6.92 Å². The normalized spacial score (nSPS) is 15.2. The van der Waals surface area contributed by atoms with Crippen molar-refractivity contribution in [2.75, 3.05) is 33.0 Å². The van der Waals surface area contributed by atoms with Crippen molar-refractivity contribution in [3.05, 3.63) is 0 Å². The molecule has 0 aromatic heterocycles. The fourth-order valence-corrected chi connectivity index (χ4v) is 0.440. The Kier molecular flexibility index (Phi) is 19.0. The zero-order valence-corrected chi connectivity index (χ0v) is 9.78. The predicted molar refractivity (Wildman–Crippen MR) is 55.7 cm³/mol. The Balaban J connectivity index is 0. The van der Waals surface area contributed by atoms with E-state index in [1.807, 2.05) is 0 Å².